The molecule has 1 amide bonds. The minimum atomic E-state index is -4.25. The Hall–Kier alpha value is -1.90. The number of alkyl halides is 3. The molecule has 0 spiro atoms. The highest BCUT2D eigenvalue weighted by molar-refractivity contribution is 5.98. The molecule has 2 heterocycles. The topological polar surface area (TPSA) is 84.1 Å². The van der Waals surface area contributed by atoms with E-state index >= 15 is 0 Å². The molecule has 1 aliphatic rings. The summed E-state index contributed by atoms with van der Waals surface area (Å²) in [5.74, 6) is -0.434. The van der Waals surface area contributed by atoms with Crippen LogP contribution < -0.4 is 11.1 Å². The van der Waals surface area contributed by atoms with Crippen molar-refractivity contribution in [1.82, 2.24) is 20.2 Å². The van der Waals surface area contributed by atoms with Crippen molar-refractivity contribution in [1.29, 1.82) is 0 Å². The second kappa shape index (κ2) is 5.84. The number of rotatable bonds is 2. The van der Waals surface area contributed by atoms with Gasteiger partial charge < -0.3 is 11.1 Å². The molecule has 0 unspecified atom stereocenters. The molecule has 116 valence electrons. The highest BCUT2D eigenvalue weighted by Crippen LogP contribution is 2.30. The third kappa shape index (κ3) is 3.60. The van der Waals surface area contributed by atoms with Crippen molar-refractivity contribution < 1.29 is 18.0 Å². The number of hydrogen-bond acceptors (Lipinski definition) is 5. The van der Waals surface area contributed by atoms with Crippen molar-refractivity contribution in [2.45, 2.75) is 31.1 Å². The zero-order valence-corrected chi connectivity index (χ0v) is 11.4. The van der Waals surface area contributed by atoms with Crippen LogP contribution in [0.5, 0.6) is 0 Å². The summed E-state index contributed by atoms with van der Waals surface area (Å²) < 4.78 is 38.2. The first kappa shape index (κ1) is 15.5. The van der Waals surface area contributed by atoms with Crippen LogP contribution in [0.4, 0.5) is 19.0 Å². The Morgan fingerprint density at radius 2 is 2.19 bits per heavy atom. The largest absolute Gasteiger partial charge is 0.404 e. The van der Waals surface area contributed by atoms with E-state index in [0.717, 1.165) is 0 Å². The standard InChI is InChI=1S/C12H16F3N5O/c1-20-5-7(2-3-9(20)12(13,14)15)19-11(21)8-4-17-6-18-10(8)16/h4,6-7,9H,2-3,5H2,1H3,(H,19,21)(H2,16,17,18)/t7-,9+/m0/s1. The lowest BCUT2D eigenvalue weighted by molar-refractivity contribution is -0.188. The lowest BCUT2D eigenvalue weighted by Crippen LogP contribution is -2.54. The van der Waals surface area contributed by atoms with Gasteiger partial charge in [-0.3, -0.25) is 9.69 Å². The van der Waals surface area contributed by atoms with Gasteiger partial charge in [0.15, 0.2) is 0 Å². The lowest BCUT2D eigenvalue weighted by atomic mass is 9.98. The van der Waals surface area contributed by atoms with Crippen LogP contribution >= 0.6 is 0 Å². The van der Waals surface area contributed by atoms with Crippen molar-refractivity contribution in [2.24, 2.45) is 0 Å². The average Bonchev–Trinajstić information content (AvgIpc) is 2.37. The van der Waals surface area contributed by atoms with Gasteiger partial charge in [0.25, 0.3) is 5.91 Å². The van der Waals surface area contributed by atoms with Crippen LogP contribution in [-0.2, 0) is 0 Å². The van der Waals surface area contributed by atoms with Gasteiger partial charge in [-0.25, -0.2) is 9.97 Å². The molecule has 2 atom stereocenters. The Balaban J connectivity index is 1.97. The molecule has 0 aliphatic carbocycles. The monoisotopic (exact) mass is 303 g/mol. The molecular formula is C12H16F3N5O. The van der Waals surface area contributed by atoms with Gasteiger partial charge in [-0.1, -0.05) is 0 Å². The second-order valence-corrected chi connectivity index (χ2v) is 5.07. The fourth-order valence-corrected chi connectivity index (χ4v) is 2.45. The third-order valence-corrected chi connectivity index (χ3v) is 3.53. The second-order valence-electron chi connectivity index (χ2n) is 5.07. The Bertz CT molecular complexity index is 522. The average molecular weight is 303 g/mol. The van der Waals surface area contributed by atoms with E-state index < -0.39 is 18.1 Å². The number of nitrogen functional groups attached to an aromatic ring is 1. The zero-order valence-electron chi connectivity index (χ0n) is 11.4. The molecule has 21 heavy (non-hydrogen) atoms. The Labute approximate surface area is 119 Å². The number of nitrogens with zero attached hydrogens (tertiary/aromatic N) is 3. The van der Waals surface area contributed by atoms with Crippen LogP contribution in [0.2, 0.25) is 0 Å². The summed E-state index contributed by atoms with van der Waals surface area (Å²) in [5, 5.41) is 2.67. The molecule has 0 saturated carbocycles. The summed E-state index contributed by atoms with van der Waals surface area (Å²) in [7, 11) is 1.40. The normalized spacial score (nSPS) is 23.8. The van der Waals surface area contributed by atoms with Gasteiger partial charge in [-0.2, -0.15) is 13.2 Å². The SMILES string of the molecule is CN1C[C@@H](NC(=O)c2cncnc2N)CC[C@@H]1C(F)(F)F. The maximum atomic E-state index is 12.7. The number of nitrogens with two attached hydrogens (primary N) is 1. The minimum absolute atomic E-state index is 0.0415. The molecule has 0 bridgehead atoms. The van der Waals surface area contributed by atoms with Crippen LogP contribution in [0.3, 0.4) is 0 Å². The van der Waals surface area contributed by atoms with Crippen molar-refractivity contribution >= 4 is 11.7 Å². The first-order valence-corrected chi connectivity index (χ1v) is 6.42. The summed E-state index contributed by atoms with van der Waals surface area (Å²) in [6.07, 6.45) is -1.54. The summed E-state index contributed by atoms with van der Waals surface area (Å²) in [4.78, 5) is 20.6. The Kier molecular flexibility index (Phi) is 4.31. The fourth-order valence-electron chi connectivity index (χ4n) is 2.45. The number of halogens is 3. The van der Waals surface area contributed by atoms with Crippen LogP contribution in [0.15, 0.2) is 12.5 Å². The van der Waals surface area contributed by atoms with E-state index in [-0.39, 0.29) is 36.8 Å². The van der Waals surface area contributed by atoms with Crippen LogP contribution in [0.1, 0.15) is 23.2 Å². The molecule has 9 heteroatoms. The van der Waals surface area contributed by atoms with Crippen molar-refractivity contribution in [2.75, 3.05) is 19.3 Å². The number of likely N-dealkylation sites (tertiary alicyclic amines) is 1. The molecule has 1 fully saturated rings. The van der Waals surface area contributed by atoms with Crippen molar-refractivity contribution in [3.05, 3.63) is 18.1 Å². The first-order chi connectivity index (χ1) is 9.79. The molecule has 3 N–H and O–H groups in total. The molecular weight excluding hydrogens is 287 g/mol. The molecule has 0 aromatic carbocycles. The van der Waals surface area contributed by atoms with Gasteiger partial charge in [0, 0.05) is 18.8 Å². The number of hydrogen-bond donors (Lipinski definition) is 2. The maximum Gasteiger partial charge on any atom is 0.404 e. The highest BCUT2D eigenvalue weighted by Gasteiger charge is 2.44. The number of amides is 1. The van der Waals surface area contributed by atoms with Crippen LogP contribution in [-0.4, -0.2) is 52.6 Å². The molecule has 1 saturated heterocycles. The predicted molar refractivity (Wildman–Crippen MR) is 69.4 cm³/mol. The lowest BCUT2D eigenvalue weighted by Gasteiger charge is -2.38. The number of piperidine rings is 1. The summed E-state index contributed by atoms with van der Waals surface area (Å²) in [6.45, 7) is 0.128. The number of nitrogens with one attached hydrogen (secondary N) is 1. The smallest absolute Gasteiger partial charge is 0.383 e. The number of anilines is 1. The van der Waals surface area contributed by atoms with E-state index in [4.69, 9.17) is 5.73 Å². The van der Waals surface area contributed by atoms with Crippen molar-refractivity contribution in [3.8, 4) is 0 Å². The fraction of sp³-hybridized carbons (Fsp3) is 0.583. The van der Waals surface area contributed by atoms with E-state index in [2.05, 4.69) is 15.3 Å². The number of aromatic nitrogens is 2. The minimum Gasteiger partial charge on any atom is -0.383 e. The van der Waals surface area contributed by atoms with Gasteiger partial charge in [0.05, 0.1) is 5.56 Å². The molecule has 0 radical (unpaired) electrons. The third-order valence-electron chi connectivity index (χ3n) is 3.53. The van der Waals surface area contributed by atoms with E-state index in [1.54, 1.807) is 0 Å². The van der Waals surface area contributed by atoms with Crippen LogP contribution in [0, 0.1) is 0 Å². The molecule has 6 nitrogen and oxygen atoms in total. The van der Waals surface area contributed by atoms with Gasteiger partial charge >= 0.3 is 6.18 Å². The van der Waals surface area contributed by atoms with E-state index in [1.165, 1.54) is 24.5 Å². The van der Waals surface area contributed by atoms with Gasteiger partial charge in [-0.15, -0.1) is 0 Å². The number of likely N-dealkylation sites (N-methyl/N-ethyl adjacent to an activating group) is 1. The number of carbonyl (C=O) groups is 1. The predicted octanol–water partition coefficient (Wildman–Crippen LogP) is 0.814. The molecule has 1 aromatic rings. The van der Waals surface area contributed by atoms with Gasteiger partial charge in [0.1, 0.15) is 18.2 Å². The summed E-state index contributed by atoms with van der Waals surface area (Å²) >= 11 is 0. The highest BCUT2D eigenvalue weighted by atomic mass is 19.4. The Morgan fingerprint density at radius 1 is 1.48 bits per heavy atom. The zero-order chi connectivity index (χ0) is 15.6. The summed E-state index contributed by atoms with van der Waals surface area (Å²) in [5.41, 5.74) is 5.69. The van der Waals surface area contributed by atoms with Gasteiger partial charge in [0.2, 0.25) is 0 Å². The molecule has 1 aliphatic heterocycles. The quantitative estimate of drug-likeness (QED) is 0.845. The first-order valence-electron chi connectivity index (χ1n) is 6.42. The van der Waals surface area contributed by atoms with E-state index in [1.807, 2.05) is 0 Å². The van der Waals surface area contributed by atoms with Crippen molar-refractivity contribution in [3.63, 3.8) is 0 Å². The van der Waals surface area contributed by atoms with E-state index in [9.17, 15) is 18.0 Å². The number of carbonyl (C=O) groups excluding carboxylic acids is 1. The van der Waals surface area contributed by atoms with E-state index in [0.29, 0.717) is 0 Å². The molecule has 2 rings (SSSR count). The van der Waals surface area contributed by atoms with Gasteiger partial charge in [-0.05, 0) is 19.9 Å². The Morgan fingerprint density at radius 3 is 2.76 bits per heavy atom. The van der Waals surface area contributed by atoms with Crippen LogP contribution in [0.25, 0.3) is 0 Å². The molecule has 1 aromatic heterocycles. The maximum absolute atomic E-state index is 12.7. The summed E-state index contributed by atoms with van der Waals surface area (Å²) in [6, 6.07) is -1.82.